The van der Waals surface area contributed by atoms with Gasteiger partial charge in [-0.25, -0.2) is 9.18 Å². The van der Waals surface area contributed by atoms with Gasteiger partial charge in [-0.3, -0.25) is 14.9 Å². The number of hydrogen-bond donors (Lipinski definition) is 2. The van der Waals surface area contributed by atoms with Crippen LogP contribution in [0.15, 0.2) is 24.3 Å². The van der Waals surface area contributed by atoms with Crippen molar-refractivity contribution in [1.29, 1.82) is 0 Å². The standard InChI is InChI=1S/C12H13FN2O4/c1-7(11(17)15-12(14)18)19-10(16)6-8-2-4-9(13)5-3-8/h2-5,7H,6H2,1H3,(H3,14,15,17,18). The number of halogens is 1. The summed E-state index contributed by atoms with van der Waals surface area (Å²) in [5.41, 5.74) is 5.30. The Hall–Kier alpha value is -2.44. The lowest BCUT2D eigenvalue weighted by atomic mass is 10.1. The van der Waals surface area contributed by atoms with E-state index in [1.807, 2.05) is 0 Å². The molecule has 3 amide bonds. The Morgan fingerprint density at radius 2 is 1.89 bits per heavy atom. The van der Waals surface area contributed by atoms with Gasteiger partial charge in [0.05, 0.1) is 6.42 Å². The third-order valence-electron chi connectivity index (χ3n) is 2.19. The van der Waals surface area contributed by atoms with Gasteiger partial charge in [-0.15, -0.1) is 0 Å². The Morgan fingerprint density at radius 1 is 1.32 bits per heavy atom. The molecule has 6 nitrogen and oxygen atoms in total. The molecule has 102 valence electrons. The molecule has 0 aliphatic heterocycles. The number of primary amides is 1. The summed E-state index contributed by atoms with van der Waals surface area (Å²) in [6, 6.07) is 4.28. The van der Waals surface area contributed by atoms with Crippen LogP contribution in [-0.2, 0) is 20.7 Å². The Morgan fingerprint density at radius 3 is 2.42 bits per heavy atom. The topological polar surface area (TPSA) is 98.5 Å². The van der Waals surface area contributed by atoms with Gasteiger partial charge in [0.1, 0.15) is 5.82 Å². The summed E-state index contributed by atoms with van der Waals surface area (Å²) in [4.78, 5) is 33.2. The molecule has 1 atom stereocenters. The highest BCUT2D eigenvalue weighted by Gasteiger charge is 2.18. The predicted octanol–water partition coefficient (Wildman–Crippen LogP) is 0.495. The number of carbonyl (C=O) groups excluding carboxylic acids is 3. The number of amides is 3. The molecule has 1 aromatic rings. The number of urea groups is 1. The van der Waals surface area contributed by atoms with Crippen LogP contribution in [-0.4, -0.2) is 24.0 Å². The Kier molecular flexibility index (Phi) is 4.99. The molecular formula is C12H13FN2O4. The monoisotopic (exact) mass is 268 g/mol. The van der Waals surface area contributed by atoms with E-state index >= 15 is 0 Å². The third kappa shape index (κ3) is 5.15. The summed E-state index contributed by atoms with van der Waals surface area (Å²) in [6.07, 6.45) is -1.24. The maximum atomic E-state index is 12.6. The average molecular weight is 268 g/mol. The van der Waals surface area contributed by atoms with Crippen molar-refractivity contribution in [2.24, 2.45) is 5.73 Å². The van der Waals surface area contributed by atoms with Crippen molar-refractivity contribution in [3.8, 4) is 0 Å². The molecule has 1 unspecified atom stereocenters. The first-order valence-electron chi connectivity index (χ1n) is 5.42. The minimum absolute atomic E-state index is 0.103. The Labute approximate surface area is 108 Å². The lowest BCUT2D eigenvalue weighted by Crippen LogP contribution is -2.42. The molecule has 0 aliphatic carbocycles. The van der Waals surface area contributed by atoms with E-state index in [1.165, 1.54) is 31.2 Å². The van der Waals surface area contributed by atoms with E-state index in [4.69, 9.17) is 10.5 Å². The molecule has 7 heteroatoms. The van der Waals surface area contributed by atoms with Crippen molar-refractivity contribution in [3.05, 3.63) is 35.6 Å². The molecule has 0 bridgehead atoms. The summed E-state index contributed by atoms with van der Waals surface area (Å²) in [6.45, 7) is 1.31. The van der Waals surface area contributed by atoms with Crippen molar-refractivity contribution < 1.29 is 23.5 Å². The average Bonchev–Trinajstić information content (AvgIpc) is 2.31. The summed E-state index contributed by atoms with van der Waals surface area (Å²) in [5.74, 6) is -1.88. The quantitative estimate of drug-likeness (QED) is 0.776. The van der Waals surface area contributed by atoms with E-state index in [0.29, 0.717) is 5.56 Å². The largest absolute Gasteiger partial charge is 0.452 e. The highest BCUT2D eigenvalue weighted by molar-refractivity contribution is 5.96. The minimum atomic E-state index is -1.14. The second-order valence-corrected chi connectivity index (χ2v) is 3.79. The molecule has 19 heavy (non-hydrogen) atoms. The number of benzene rings is 1. The van der Waals surface area contributed by atoms with E-state index in [0.717, 1.165) is 0 Å². The first kappa shape index (κ1) is 14.6. The van der Waals surface area contributed by atoms with Crippen molar-refractivity contribution in [1.82, 2.24) is 5.32 Å². The van der Waals surface area contributed by atoms with Gasteiger partial charge in [-0.05, 0) is 24.6 Å². The van der Waals surface area contributed by atoms with Crippen LogP contribution in [0.4, 0.5) is 9.18 Å². The zero-order chi connectivity index (χ0) is 14.4. The fourth-order valence-corrected chi connectivity index (χ4v) is 1.28. The zero-order valence-electron chi connectivity index (χ0n) is 10.2. The first-order valence-corrected chi connectivity index (χ1v) is 5.42. The van der Waals surface area contributed by atoms with Crippen LogP contribution in [0.1, 0.15) is 12.5 Å². The molecule has 0 spiro atoms. The number of hydrogen-bond acceptors (Lipinski definition) is 4. The SMILES string of the molecule is CC(OC(=O)Cc1ccc(F)cc1)C(=O)NC(N)=O. The summed E-state index contributed by atoms with van der Waals surface area (Å²) >= 11 is 0. The van der Waals surface area contributed by atoms with Crippen LogP contribution < -0.4 is 11.1 Å². The van der Waals surface area contributed by atoms with Crippen molar-refractivity contribution in [2.45, 2.75) is 19.4 Å². The summed E-state index contributed by atoms with van der Waals surface area (Å²) in [5, 5.41) is 1.79. The summed E-state index contributed by atoms with van der Waals surface area (Å²) in [7, 11) is 0. The molecule has 0 heterocycles. The van der Waals surface area contributed by atoms with Crippen LogP contribution in [0.2, 0.25) is 0 Å². The van der Waals surface area contributed by atoms with Crippen molar-refractivity contribution in [2.75, 3.05) is 0 Å². The molecule has 0 saturated carbocycles. The maximum absolute atomic E-state index is 12.6. The second kappa shape index (κ2) is 6.48. The molecule has 0 saturated heterocycles. The van der Waals surface area contributed by atoms with Crippen LogP contribution >= 0.6 is 0 Å². The van der Waals surface area contributed by atoms with Crippen molar-refractivity contribution in [3.63, 3.8) is 0 Å². The Bertz CT molecular complexity index is 487. The normalized spacial score (nSPS) is 11.5. The van der Waals surface area contributed by atoms with Gasteiger partial charge in [0.25, 0.3) is 5.91 Å². The van der Waals surface area contributed by atoms with Crippen LogP contribution in [0.5, 0.6) is 0 Å². The molecule has 0 radical (unpaired) electrons. The van der Waals surface area contributed by atoms with Gasteiger partial charge >= 0.3 is 12.0 Å². The van der Waals surface area contributed by atoms with Gasteiger partial charge in [-0.2, -0.15) is 0 Å². The smallest absolute Gasteiger partial charge is 0.318 e. The number of rotatable bonds is 4. The van der Waals surface area contributed by atoms with Crippen molar-refractivity contribution >= 4 is 17.9 Å². The lowest BCUT2D eigenvalue weighted by molar-refractivity contribution is -0.153. The second-order valence-electron chi connectivity index (χ2n) is 3.79. The number of esters is 1. The van der Waals surface area contributed by atoms with E-state index < -0.39 is 29.8 Å². The number of imide groups is 1. The Balaban J connectivity index is 2.48. The molecular weight excluding hydrogens is 255 g/mol. The number of nitrogens with one attached hydrogen (secondary N) is 1. The van der Waals surface area contributed by atoms with Crippen LogP contribution in [0.25, 0.3) is 0 Å². The molecule has 1 rings (SSSR count). The lowest BCUT2D eigenvalue weighted by Gasteiger charge is -2.11. The molecule has 1 aromatic carbocycles. The molecule has 0 aromatic heterocycles. The first-order chi connectivity index (χ1) is 8.88. The van der Waals surface area contributed by atoms with Gasteiger partial charge in [-0.1, -0.05) is 12.1 Å². The number of ether oxygens (including phenoxy) is 1. The van der Waals surface area contributed by atoms with E-state index in [1.54, 1.807) is 5.32 Å². The van der Waals surface area contributed by atoms with Gasteiger partial charge in [0.15, 0.2) is 6.10 Å². The predicted molar refractivity (Wildman–Crippen MR) is 63.4 cm³/mol. The highest BCUT2D eigenvalue weighted by Crippen LogP contribution is 2.05. The van der Waals surface area contributed by atoms with Crippen LogP contribution in [0, 0.1) is 5.82 Å². The van der Waals surface area contributed by atoms with Gasteiger partial charge < -0.3 is 10.5 Å². The summed E-state index contributed by atoms with van der Waals surface area (Å²) < 4.78 is 17.4. The van der Waals surface area contributed by atoms with E-state index in [-0.39, 0.29) is 6.42 Å². The van der Waals surface area contributed by atoms with E-state index in [2.05, 4.69) is 0 Å². The molecule has 0 aliphatic rings. The molecule has 3 N–H and O–H groups in total. The zero-order valence-corrected chi connectivity index (χ0v) is 10.2. The third-order valence-corrected chi connectivity index (χ3v) is 2.19. The van der Waals surface area contributed by atoms with Gasteiger partial charge in [0.2, 0.25) is 0 Å². The maximum Gasteiger partial charge on any atom is 0.318 e. The fourth-order valence-electron chi connectivity index (χ4n) is 1.28. The number of carbonyl (C=O) groups is 3. The van der Waals surface area contributed by atoms with E-state index in [9.17, 15) is 18.8 Å². The minimum Gasteiger partial charge on any atom is -0.452 e. The van der Waals surface area contributed by atoms with Gasteiger partial charge in [0, 0.05) is 0 Å². The van der Waals surface area contributed by atoms with Crippen LogP contribution in [0.3, 0.4) is 0 Å². The molecule has 0 fully saturated rings. The number of nitrogens with two attached hydrogens (primary N) is 1. The fraction of sp³-hybridized carbons (Fsp3) is 0.250. The highest BCUT2D eigenvalue weighted by atomic mass is 19.1.